The number of halogens is 3. The quantitative estimate of drug-likeness (QED) is 0.671. The lowest BCUT2D eigenvalue weighted by atomic mass is 9.94. The van der Waals surface area contributed by atoms with Crippen LogP contribution in [0.25, 0.3) is 0 Å². The average molecular weight is 231 g/mol. The molecule has 0 radical (unpaired) electrons. The van der Waals surface area contributed by atoms with E-state index >= 15 is 0 Å². The summed E-state index contributed by atoms with van der Waals surface area (Å²) in [4.78, 5) is 11.5. The molecule has 1 aromatic rings. The minimum absolute atomic E-state index is 0.631. The molecule has 1 aromatic heterocycles. The largest absolute Gasteiger partial charge is 0.421 e. The van der Waals surface area contributed by atoms with Crippen LogP contribution in [0.4, 0.5) is 13.2 Å². The van der Waals surface area contributed by atoms with E-state index in [0.717, 1.165) is 29.2 Å². The van der Waals surface area contributed by atoms with Crippen LogP contribution in [-0.2, 0) is 26.1 Å². The van der Waals surface area contributed by atoms with Crippen molar-refractivity contribution in [1.29, 1.82) is 0 Å². The van der Waals surface area contributed by atoms with E-state index in [1.54, 1.807) is 0 Å². The Bertz CT molecular complexity index is 473. The van der Waals surface area contributed by atoms with Crippen LogP contribution in [0, 0.1) is 0 Å². The van der Waals surface area contributed by atoms with Crippen molar-refractivity contribution in [3.8, 4) is 0 Å². The summed E-state index contributed by atoms with van der Waals surface area (Å²) >= 11 is 0. The Morgan fingerprint density at radius 2 is 1.88 bits per heavy atom. The van der Waals surface area contributed by atoms with E-state index in [9.17, 15) is 18.0 Å². The number of fused-ring (bicyclic) bond motifs is 1. The number of hydrogen-bond donors (Lipinski definition) is 0. The lowest BCUT2D eigenvalue weighted by Gasteiger charge is -2.20. The van der Waals surface area contributed by atoms with E-state index < -0.39 is 17.3 Å². The number of aryl methyl sites for hydroxylation is 1. The molecule has 0 atom stereocenters. The van der Waals surface area contributed by atoms with Crippen molar-refractivity contribution in [3.63, 3.8) is 0 Å². The normalized spacial score (nSPS) is 16.0. The van der Waals surface area contributed by atoms with Crippen LogP contribution in [0.15, 0.2) is 10.9 Å². The van der Waals surface area contributed by atoms with Gasteiger partial charge < -0.3 is 4.57 Å². The Labute approximate surface area is 90.7 Å². The highest BCUT2D eigenvalue weighted by atomic mass is 19.4. The van der Waals surface area contributed by atoms with E-state index in [2.05, 4.69) is 0 Å². The molecule has 2 nitrogen and oxygen atoms in total. The number of hydrogen-bond acceptors (Lipinski definition) is 1. The molecule has 0 saturated carbocycles. The fourth-order valence-corrected chi connectivity index (χ4v) is 2.19. The van der Waals surface area contributed by atoms with Gasteiger partial charge in [0.2, 0.25) is 0 Å². The lowest BCUT2D eigenvalue weighted by Crippen LogP contribution is -2.31. The number of aromatic nitrogens is 1. The first-order valence-electron chi connectivity index (χ1n) is 5.20. The first-order chi connectivity index (χ1) is 7.41. The van der Waals surface area contributed by atoms with E-state index in [-0.39, 0.29) is 0 Å². The molecular formula is C11H12F3NO. The molecule has 88 valence electrons. The fourth-order valence-electron chi connectivity index (χ4n) is 2.19. The third kappa shape index (κ3) is 1.74. The zero-order valence-corrected chi connectivity index (χ0v) is 8.90. The van der Waals surface area contributed by atoms with E-state index in [1.165, 1.54) is 7.05 Å². The van der Waals surface area contributed by atoms with Gasteiger partial charge in [-0.05, 0) is 37.3 Å². The van der Waals surface area contributed by atoms with Gasteiger partial charge in [-0.1, -0.05) is 0 Å². The minimum Gasteiger partial charge on any atom is -0.315 e. The molecule has 2 rings (SSSR count). The number of nitrogens with zero attached hydrogens (tertiary/aromatic N) is 1. The molecule has 0 amide bonds. The first-order valence-corrected chi connectivity index (χ1v) is 5.20. The molecule has 1 aliphatic carbocycles. The van der Waals surface area contributed by atoms with Crippen molar-refractivity contribution in [1.82, 2.24) is 4.57 Å². The second-order valence-electron chi connectivity index (χ2n) is 4.10. The summed E-state index contributed by atoms with van der Waals surface area (Å²) in [6.07, 6.45) is -1.40. The summed E-state index contributed by atoms with van der Waals surface area (Å²) in [7, 11) is 1.42. The number of rotatable bonds is 0. The van der Waals surface area contributed by atoms with Gasteiger partial charge in [0, 0.05) is 12.7 Å². The standard InChI is InChI=1S/C11H12F3NO/c1-15-9-5-3-2-4-7(9)6-8(10(15)16)11(12,13)14/h6H,2-5H2,1H3. The second-order valence-corrected chi connectivity index (χ2v) is 4.10. The van der Waals surface area contributed by atoms with Crippen molar-refractivity contribution >= 4 is 0 Å². The molecule has 0 N–H and O–H groups in total. The topological polar surface area (TPSA) is 22.0 Å². The summed E-state index contributed by atoms with van der Waals surface area (Å²) in [6, 6.07) is 1.02. The molecule has 5 heteroatoms. The van der Waals surface area contributed by atoms with Gasteiger partial charge in [0.15, 0.2) is 0 Å². The molecular weight excluding hydrogens is 219 g/mol. The molecule has 16 heavy (non-hydrogen) atoms. The Morgan fingerprint density at radius 1 is 1.25 bits per heavy atom. The SMILES string of the molecule is Cn1c2c(cc(C(F)(F)F)c1=O)CCCC2. The fraction of sp³-hybridized carbons (Fsp3) is 0.545. The first kappa shape index (κ1) is 11.2. The van der Waals surface area contributed by atoms with Crippen molar-refractivity contribution in [2.24, 2.45) is 7.05 Å². The maximum absolute atomic E-state index is 12.6. The zero-order chi connectivity index (χ0) is 11.9. The highest BCUT2D eigenvalue weighted by Crippen LogP contribution is 2.29. The van der Waals surface area contributed by atoms with Crippen LogP contribution < -0.4 is 5.56 Å². The Kier molecular flexibility index (Phi) is 2.56. The van der Waals surface area contributed by atoms with Gasteiger partial charge in [-0.2, -0.15) is 13.2 Å². The number of alkyl halides is 3. The van der Waals surface area contributed by atoms with E-state index in [1.807, 2.05) is 0 Å². The Balaban J connectivity index is 2.67. The van der Waals surface area contributed by atoms with Gasteiger partial charge in [-0.3, -0.25) is 4.79 Å². The predicted octanol–water partition coefficient (Wildman–Crippen LogP) is 2.28. The highest BCUT2D eigenvalue weighted by Gasteiger charge is 2.35. The monoisotopic (exact) mass is 231 g/mol. The molecule has 0 fully saturated rings. The highest BCUT2D eigenvalue weighted by molar-refractivity contribution is 5.30. The van der Waals surface area contributed by atoms with Gasteiger partial charge in [0.05, 0.1) is 0 Å². The maximum Gasteiger partial charge on any atom is 0.421 e. The van der Waals surface area contributed by atoms with Crippen molar-refractivity contribution in [2.45, 2.75) is 31.9 Å². The van der Waals surface area contributed by atoms with E-state index in [0.29, 0.717) is 18.4 Å². The smallest absolute Gasteiger partial charge is 0.315 e. The summed E-state index contributed by atoms with van der Waals surface area (Å²) in [5.41, 5.74) is -0.561. The predicted molar refractivity (Wildman–Crippen MR) is 53.3 cm³/mol. The maximum atomic E-state index is 12.6. The van der Waals surface area contributed by atoms with Gasteiger partial charge in [-0.25, -0.2) is 0 Å². The van der Waals surface area contributed by atoms with Crippen LogP contribution in [0.2, 0.25) is 0 Å². The van der Waals surface area contributed by atoms with Crippen LogP contribution in [0.5, 0.6) is 0 Å². The summed E-state index contributed by atoms with van der Waals surface area (Å²) in [5.74, 6) is 0. The average Bonchev–Trinajstić information content (AvgIpc) is 2.22. The lowest BCUT2D eigenvalue weighted by molar-refractivity contribution is -0.139. The van der Waals surface area contributed by atoms with Crippen LogP contribution in [0.1, 0.15) is 29.7 Å². The molecule has 0 unspecified atom stereocenters. The van der Waals surface area contributed by atoms with Crippen molar-refractivity contribution < 1.29 is 13.2 Å². The van der Waals surface area contributed by atoms with Crippen molar-refractivity contribution in [3.05, 3.63) is 33.2 Å². The molecule has 0 spiro atoms. The van der Waals surface area contributed by atoms with Gasteiger partial charge in [0.1, 0.15) is 5.56 Å². The van der Waals surface area contributed by atoms with Crippen molar-refractivity contribution in [2.75, 3.05) is 0 Å². The molecule has 0 aromatic carbocycles. The molecule has 1 heterocycles. The van der Waals surface area contributed by atoms with Crippen LogP contribution >= 0.6 is 0 Å². The minimum atomic E-state index is -4.55. The van der Waals surface area contributed by atoms with Gasteiger partial charge in [0.25, 0.3) is 5.56 Å². The Morgan fingerprint density at radius 3 is 2.50 bits per heavy atom. The molecule has 0 bridgehead atoms. The third-order valence-corrected chi connectivity index (χ3v) is 3.04. The van der Waals surface area contributed by atoms with Crippen LogP contribution in [0.3, 0.4) is 0 Å². The zero-order valence-electron chi connectivity index (χ0n) is 8.90. The van der Waals surface area contributed by atoms with E-state index in [4.69, 9.17) is 0 Å². The summed E-state index contributed by atoms with van der Waals surface area (Å²) < 4.78 is 38.9. The molecule has 0 saturated heterocycles. The summed E-state index contributed by atoms with van der Waals surface area (Å²) in [6.45, 7) is 0. The Hall–Kier alpha value is -1.26. The molecule has 0 aliphatic heterocycles. The second kappa shape index (κ2) is 3.64. The number of pyridine rings is 1. The van der Waals surface area contributed by atoms with Crippen LogP contribution in [-0.4, -0.2) is 4.57 Å². The summed E-state index contributed by atoms with van der Waals surface area (Å²) in [5, 5.41) is 0. The van der Waals surface area contributed by atoms with Gasteiger partial charge >= 0.3 is 6.18 Å². The third-order valence-electron chi connectivity index (χ3n) is 3.04. The molecule has 1 aliphatic rings. The van der Waals surface area contributed by atoms with Gasteiger partial charge in [-0.15, -0.1) is 0 Å².